The summed E-state index contributed by atoms with van der Waals surface area (Å²) in [5, 5.41) is 2.99. The number of aliphatic imine (C=N–C) groups is 2. The Kier molecular flexibility index (Phi) is 3.17. The van der Waals surface area contributed by atoms with Crippen LogP contribution in [0.25, 0.3) is 0 Å². The molecule has 1 heterocycles. The van der Waals surface area contributed by atoms with E-state index in [1.54, 1.807) is 0 Å². The van der Waals surface area contributed by atoms with Gasteiger partial charge in [-0.3, -0.25) is 5.32 Å². The molecular formula is C12H19N5. The fourth-order valence-electron chi connectivity index (χ4n) is 1.95. The van der Waals surface area contributed by atoms with Gasteiger partial charge in [-0.1, -0.05) is 17.7 Å². The number of rotatable bonds is 2. The molecule has 0 aromatic rings. The minimum atomic E-state index is -0.108. The lowest BCUT2D eigenvalue weighted by Gasteiger charge is -2.26. The van der Waals surface area contributed by atoms with Gasteiger partial charge in [0, 0.05) is 13.6 Å². The van der Waals surface area contributed by atoms with Gasteiger partial charge in [0.25, 0.3) is 0 Å². The average Bonchev–Trinajstić information content (AvgIpc) is 2.63. The second-order valence-corrected chi connectivity index (χ2v) is 4.49. The Hall–Kier alpha value is -1.78. The van der Waals surface area contributed by atoms with Crippen LogP contribution in [-0.2, 0) is 0 Å². The molecule has 0 aromatic carbocycles. The topological polar surface area (TPSA) is 66.0 Å². The molecule has 17 heavy (non-hydrogen) atoms. The smallest absolute Gasteiger partial charge is 0.202 e. The molecule has 2 rings (SSSR count). The predicted octanol–water partition coefficient (Wildman–Crippen LogP) is 0.815. The normalized spacial score (nSPS) is 23.4. The first-order valence-corrected chi connectivity index (χ1v) is 5.80. The first kappa shape index (κ1) is 11.7. The number of guanidine groups is 2. The van der Waals surface area contributed by atoms with Gasteiger partial charge in [-0.25, -0.2) is 9.98 Å². The van der Waals surface area contributed by atoms with E-state index in [1.165, 1.54) is 11.1 Å². The van der Waals surface area contributed by atoms with Gasteiger partial charge in [0.1, 0.15) is 6.17 Å². The zero-order chi connectivity index (χ0) is 12.4. The Morgan fingerprint density at radius 3 is 2.88 bits per heavy atom. The molecule has 0 aromatic heterocycles. The summed E-state index contributed by atoms with van der Waals surface area (Å²) in [5.74, 6) is 1.22. The fourth-order valence-corrected chi connectivity index (χ4v) is 1.95. The van der Waals surface area contributed by atoms with Crippen molar-refractivity contribution in [3.63, 3.8) is 0 Å². The Morgan fingerprint density at radius 2 is 2.29 bits per heavy atom. The van der Waals surface area contributed by atoms with E-state index in [2.05, 4.69) is 39.3 Å². The fraction of sp³-hybridized carbons (Fsp3) is 0.500. The Balaban J connectivity index is 2.04. The largest absolute Gasteiger partial charge is 0.370 e. The summed E-state index contributed by atoms with van der Waals surface area (Å²) in [6.07, 6.45) is 5.31. The molecule has 5 nitrogen and oxygen atoms in total. The van der Waals surface area contributed by atoms with Crippen molar-refractivity contribution in [2.24, 2.45) is 15.7 Å². The number of hydrogen-bond donors (Lipinski definition) is 2. The first-order valence-electron chi connectivity index (χ1n) is 5.80. The summed E-state index contributed by atoms with van der Waals surface area (Å²) in [4.78, 5) is 10.6. The molecule has 0 amide bonds. The second kappa shape index (κ2) is 4.61. The summed E-state index contributed by atoms with van der Waals surface area (Å²) in [6, 6.07) is 0. The molecule has 0 saturated carbocycles. The number of nitrogens with two attached hydrogens (primary N) is 1. The molecule has 1 aliphatic heterocycles. The van der Waals surface area contributed by atoms with Crippen LogP contribution in [0.3, 0.4) is 0 Å². The van der Waals surface area contributed by atoms with Crippen LogP contribution in [0.2, 0.25) is 0 Å². The molecule has 0 fully saturated rings. The van der Waals surface area contributed by atoms with Crippen molar-refractivity contribution < 1.29 is 0 Å². The third kappa shape index (κ3) is 2.67. The Labute approximate surface area is 102 Å². The van der Waals surface area contributed by atoms with Crippen molar-refractivity contribution >= 4 is 11.9 Å². The van der Waals surface area contributed by atoms with Crippen molar-refractivity contribution in [2.45, 2.75) is 26.4 Å². The third-order valence-electron chi connectivity index (χ3n) is 2.94. The van der Waals surface area contributed by atoms with Gasteiger partial charge in [-0.05, 0) is 25.8 Å². The first-order chi connectivity index (χ1) is 8.06. The molecule has 92 valence electrons. The minimum Gasteiger partial charge on any atom is -0.370 e. The molecule has 2 aliphatic rings. The third-order valence-corrected chi connectivity index (χ3v) is 2.94. The maximum absolute atomic E-state index is 5.69. The van der Waals surface area contributed by atoms with E-state index in [9.17, 15) is 0 Å². The van der Waals surface area contributed by atoms with Crippen molar-refractivity contribution in [3.05, 3.63) is 23.3 Å². The van der Waals surface area contributed by atoms with E-state index in [0.717, 1.165) is 18.9 Å². The molecule has 1 aliphatic carbocycles. The van der Waals surface area contributed by atoms with Crippen LogP contribution >= 0.6 is 0 Å². The maximum atomic E-state index is 5.69. The average molecular weight is 233 g/mol. The van der Waals surface area contributed by atoms with Crippen molar-refractivity contribution in [1.29, 1.82) is 0 Å². The van der Waals surface area contributed by atoms with Gasteiger partial charge in [-0.15, -0.1) is 0 Å². The number of likely N-dealkylation sites (N-methyl/N-ethyl adjacent to an activating group) is 1. The van der Waals surface area contributed by atoms with Gasteiger partial charge in [0.15, 0.2) is 5.96 Å². The van der Waals surface area contributed by atoms with Crippen molar-refractivity contribution in [1.82, 2.24) is 10.2 Å². The highest BCUT2D eigenvalue weighted by Crippen LogP contribution is 2.18. The van der Waals surface area contributed by atoms with Crippen LogP contribution in [-0.4, -0.2) is 36.6 Å². The Bertz CT molecular complexity index is 430. The standard InChI is InChI=1S/C12H19N5/c1-8-5-4-6-10(8)7-17(3)12-15-9(2)14-11(13)16-12/h4,6,9H,5,7H2,1-3H3,(H3,13,14,15,16). The van der Waals surface area contributed by atoms with E-state index in [-0.39, 0.29) is 6.17 Å². The molecule has 1 atom stereocenters. The summed E-state index contributed by atoms with van der Waals surface area (Å²) in [5.41, 5.74) is 8.47. The van der Waals surface area contributed by atoms with Crippen molar-refractivity contribution in [3.8, 4) is 0 Å². The van der Waals surface area contributed by atoms with Crippen LogP contribution < -0.4 is 11.1 Å². The second-order valence-electron chi connectivity index (χ2n) is 4.49. The summed E-state index contributed by atoms with van der Waals surface area (Å²) in [7, 11) is 2.00. The lowest BCUT2D eigenvalue weighted by molar-refractivity contribution is 0.524. The zero-order valence-corrected chi connectivity index (χ0v) is 10.6. The van der Waals surface area contributed by atoms with Gasteiger partial charge < -0.3 is 10.6 Å². The summed E-state index contributed by atoms with van der Waals surface area (Å²) in [6.45, 7) is 4.92. The monoisotopic (exact) mass is 233 g/mol. The number of nitrogens with zero attached hydrogens (tertiary/aromatic N) is 3. The van der Waals surface area contributed by atoms with Gasteiger partial charge >= 0.3 is 0 Å². The van der Waals surface area contributed by atoms with Crippen LogP contribution in [0.15, 0.2) is 33.3 Å². The highest BCUT2D eigenvalue weighted by molar-refractivity contribution is 5.99. The summed E-state index contributed by atoms with van der Waals surface area (Å²) < 4.78 is 0. The predicted molar refractivity (Wildman–Crippen MR) is 70.7 cm³/mol. The SMILES string of the molecule is CC1=C(CN(C)C2=NC(C)N=C(N)N2)C=CC1. The van der Waals surface area contributed by atoms with E-state index in [1.807, 2.05) is 14.0 Å². The molecule has 3 N–H and O–H groups in total. The molecule has 0 spiro atoms. The lowest BCUT2D eigenvalue weighted by Crippen LogP contribution is -2.49. The maximum Gasteiger partial charge on any atom is 0.202 e. The highest BCUT2D eigenvalue weighted by atomic mass is 15.4. The lowest BCUT2D eigenvalue weighted by atomic mass is 10.1. The molecule has 1 unspecified atom stereocenters. The Morgan fingerprint density at radius 1 is 1.53 bits per heavy atom. The van der Waals surface area contributed by atoms with Gasteiger partial charge in [0.2, 0.25) is 5.96 Å². The quantitative estimate of drug-likeness (QED) is 0.742. The molecule has 0 bridgehead atoms. The molecule has 5 heteroatoms. The van der Waals surface area contributed by atoms with Crippen LogP contribution in [0, 0.1) is 0 Å². The molecule has 0 radical (unpaired) electrons. The summed E-state index contributed by atoms with van der Waals surface area (Å²) >= 11 is 0. The van der Waals surface area contributed by atoms with E-state index >= 15 is 0 Å². The van der Waals surface area contributed by atoms with E-state index < -0.39 is 0 Å². The van der Waals surface area contributed by atoms with Gasteiger partial charge in [-0.2, -0.15) is 0 Å². The van der Waals surface area contributed by atoms with Gasteiger partial charge in [0.05, 0.1) is 0 Å². The van der Waals surface area contributed by atoms with E-state index in [4.69, 9.17) is 5.73 Å². The number of hydrogen-bond acceptors (Lipinski definition) is 5. The van der Waals surface area contributed by atoms with E-state index in [0.29, 0.717) is 5.96 Å². The van der Waals surface area contributed by atoms with Crippen LogP contribution in [0.1, 0.15) is 20.3 Å². The number of nitrogens with one attached hydrogen (secondary N) is 1. The zero-order valence-electron chi connectivity index (χ0n) is 10.6. The minimum absolute atomic E-state index is 0.108. The number of allylic oxidation sites excluding steroid dienone is 2. The molecule has 0 saturated heterocycles. The van der Waals surface area contributed by atoms with Crippen LogP contribution in [0.5, 0.6) is 0 Å². The van der Waals surface area contributed by atoms with Crippen molar-refractivity contribution in [2.75, 3.05) is 13.6 Å². The van der Waals surface area contributed by atoms with Crippen LogP contribution in [0.4, 0.5) is 0 Å². The molecular weight excluding hydrogens is 214 g/mol. The highest BCUT2D eigenvalue weighted by Gasteiger charge is 2.16.